The normalized spacial score (nSPS) is 14.1. The Morgan fingerprint density at radius 2 is 0.481 bits per heavy atom. The highest BCUT2D eigenvalue weighted by atomic mass is 31.2. The maximum Gasteiger partial charge on any atom is 0.472 e. The van der Waals surface area contributed by atoms with Gasteiger partial charge < -0.3 is 33.8 Å². The van der Waals surface area contributed by atoms with E-state index in [1.165, 1.54) is 263 Å². The monoisotopic (exact) mass is 1550 g/mol. The lowest BCUT2D eigenvalue weighted by atomic mass is 9.99. The summed E-state index contributed by atoms with van der Waals surface area (Å²) in [5.74, 6) is 0.374. The molecule has 0 aromatic rings. The lowest BCUT2D eigenvalue weighted by molar-refractivity contribution is -0.161. The number of esters is 4. The SMILES string of the molecule is CCCCCCCCCCC(=O)OC[C@H](COP(=O)(O)OC[C@H](O)COP(=O)(O)OC[C@@H](COC(=O)CCCCCCCCCCCCCCCCCCC(C)C)OC(=O)CCCCCCCCCCCCCCCCCCCCC(C)C)OC(=O)CCCCCCCCCCCCCCCCC(C)CC. The van der Waals surface area contributed by atoms with Crippen molar-refractivity contribution < 1.29 is 80.2 Å². The van der Waals surface area contributed by atoms with Crippen molar-refractivity contribution in [1.29, 1.82) is 0 Å². The summed E-state index contributed by atoms with van der Waals surface area (Å²) in [7, 11) is -9.93. The average molecular weight is 1550 g/mol. The minimum Gasteiger partial charge on any atom is -0.462 e. The predicted molar refractivity (Wildman–Crippen MR) is 437 cm³/mol. The zero-order chi connectivity index (χ0) is 77.9. The highest BCUT2D eigenvalue weighted by Crippen LogP contribution is 2.45. The summed E-state index contributed by atoms with van der Waals surface area (Å²) in [6.07, 6.45) is 68.1. The van der Waals surface area contributed by atoms with Crippen LogP contribution in [0.5, 0.6) is 0 Å². The molecule has 0 aromatic carbocycles. The molecule has 0 amide bonds. The Morgan fingerprint density at radius 1 is 0.274 bits per heavy atom. The van der Waals surface area contributed by atoms with E-state index in [1.54, 1.807) is 0 Å². The number of aliphatic hydroxyl groups excluding tert-OH is 1. The van der Waals surface area contributed by atoms with E-state index in [1.807, 2.05) is 0 Å². The zero-order valence-corrected chi connectivity index (χ0v) is 71.7. The number of carbonyl (C=O) groups is 4. The van der Waals surface area contributed by atoms with E-state index in [0.29, 0.717) is 25.7 Å². The van der Waals surface area contributed by atoms with Gasteiger partial charge in [-0.2, -0.15) is 0 Å². The molecule has 106 heavy (non-hydrogen) atoms. The molecule has 0 heterocycles. The minimum absolute atomic E-state index is 0.108. The maximum atomic E-state index is 13.1. The van der Waals surface area contributed by atoms with Crippen LogP contribution in [-0.4, -0.2) is 96.7 Å². The molecular weight excluding hydrogens is 1380 g/mol. The second-order valence-electron chi connectivity index (χ2n) is 32.5. The first-order valence-corrected chi connectivity index (χ1v) is 47.9. The fourth-order valence-corrected chi connectivity index (χ4v) is 15.1. The zero-order valence-electron chi connectivity index (χ0n) is 69.9. The minimum atomic E-state index is -4.97. The van der Waals surface area contributed by atoms with Gasteiger partial charge in [-0.3, -0.25) is 37.3 Å². The molecule has 0 saturated carbocycles. The van der Waals surface area contributed by atoms with Crippen LogP contribution < -0.4 is 0 Å². The molecular formula is C87H170O17P2. The Bertz CT molecular complexity index is 2050. The van der Waals surface area contributed by atoms with Gasteiger partial charge in [-0.15, -0.1) is 0 Å². The van der Waals surface area contributed by atoms with Crippen molar-refractivity contribution >= 4 is 39.5 Å². The first-order valence-electron chi connectivity index (χ1n) is 44.9. The molecule has 0 radical (unpaired) electrons. The predicted octanol–water partition coefficient (Wildman–Crippen LogP) is 26.5. The molecule has 0 bridgehead atoms. The van der Waals surface area contributed by atoms with E-state index in [0.717, 1.165) is 114 Å². The molecule has 0 fully saturated rings. The Morgan fingerprint density at radius 3 is 0.717 bits per heavy atom. The Hall–Kier alpha value is -1.94. The topological polar surface area (TPSA) is 237 Å². The van der Waals surface area contributed by atoms with Crippen LogP contribution >= 0.6 is 15.6 Å². The van der Waals surface area contributed by atoms with Crippen molar-refractivity contribution in [1.82, 2.24) is 0 Å². The van der Waals surface area contributed by atoms with Gasteiger partial charge in [-0.05, 0) is 43.4 Å². The first kappa shape index (κ1) is 104. The number of phosphoric acid groups is 2. The van der Waals surface area contributed by atoms with Crippen molar-refractivity contribution in [2.45, 2.75) is 478 Å². The van der Waals surface area contributed by atoms with Crippen LogP contribution in [-0.2, 0) is 65.4 Å². The van der Waals surface area contributed by atoms with Crippen molar-refractivity contribution in [2.24, 2.45) is 17.8 Å². The lowest BCUT2D eigenvalue weighted by Crippen LogP contribution is -2.30. The van der Waals surface area contributed by atoms with Crippen molar-refractivity contribution in [3.63, 3.8) is 0 Å². The molecule has 0 saturated heterocycles. The molecule has 0 aliphatic carbocycles. The van der Waals surface area contributed by atoms with E-state index in [2.05, 4.69) is 48.5 Å². The highest BCUT2D eigenvalue weighted by molar-refractivity contribution is 7.47. The summed E-state index contributed by atoms with van der Waals surface area (Å²) < 4.78 is 68.8. The first-order chi connectivity index (χ1) is 51.3. The van der Waals surface area contributed by atoms with Gasteiger partial charge in [-0.1, -0.05) is 408 Å². The third-order valence-corrected chi connectivity index (χ3v) is 22.6. The number of hydrogen-bond acceptors (Lipinski definition) is 15. The van der Waals surface area contributed by atoms with Gasteiger partial charge in [0, 0.05) is 25.7 Å². The average Bonchev–Trinajstić information content (AvgIpc) is 0.897. The highest BCUT2D eigenvalue weighted by Gasteiger charge is 2.31. The van der Waals surface area contributed by atoms with Gasteiger partial charge in [0.05, 0.1) is 26.4 Å². The number of carbonyl (C=O) groups excluding carboxylic acids is 4. The van der Waals surface area contributed by atoms with Gasteiger partial charge in [0.15, 0.2) is 12.2 Å². The molecule has 630 valence electrons. The molecule has 0 spiro atoms. The van der Waals surface area contributed by atoms with Crippen LogP contribution in [0, 0.1) is 17.8 Å². The molecule has 0 rings (SSSR count). The summed E-state index contributed by atoms with van der Waals surface area (Å²) >= 11 is 0. The molecule has 3 N–H and O–H groups in total. The van der Waals surface area contributed by atoms with Gasteiger partial charge >= 0.3 is 39.5 Å². The van der Waals surface area contributed by atoms with Crippen LogP contribution in [0.25, 0.3) is 0 Å². The number of hydrogen-bond donors (Lipinski definition) is 3. The molecule has 0 aliphatic heterocycles. The largest absolute Gasteiger partial charge is 0.472 e. The molecule has 17 nitrogen and oxygen atoms in total. The van der Waals surface area contributed by atoms with Crippen LogP contribution in [0.2, 0.25) is 0 Å². The molecule has 6 atom stereocenters. The quantitative estimate of drug-likeness (QED) is 0.0222. The number of phosphoric ester groups is 2. The van der Waals surface area contributed by atoms with Gasteiger partial charge in [0.1, 0.15) is 19.3 Å². The summed E-state index contributed by atoms with van der Waals surface area (Å²) in [5, 5.41) is 10.7. The number of ether oxygens (including phenoxy) is 4. The van der Waals surface area contributed by atoms with Gasteiger partial charge in [-0.25, -0.2) is 9.13 Å². The summed E-state index contributed by atoms with van der Waals surface area (Å²) in [4.78, 5) is 73.2. The molecule has 3 unspecified atom stereocenters. The standard InChI is InChI=1S/C87H170O17P2/c1-8-10-11-12-13-47-54-61-68-84(89)97-74-82(103-86(91)71-64-57-50-43-37-31-25-24-28-34-40-46-53-60-67-80(7)9-2)76-101-105(93,94)99-72-81(88)73-100-106(95,96)102-77-83(75-98-85(90)69-62-55-48-41-35-29-22-19-18-21-27-33-39-45-52-59-66-79(5)6)104-87(92)70-63-56-49-42-36-30-23-17-15-14-16-20-26-32-38-44-51-58-65-78(3)4/h78-83,88H,8-77H2,1-7H3,(H,93,94)(H,95,96)/t80?,81-,82+,83+/m0/s1. The molecule has 0 aliphatic rings. The van der Waals surface area contributed by atoms with Crippen molar-refractivity contribution in [2.75, 3.05) is 39.6 Å². The van der Waals surface area contributed by atoms with E-state index in [9.17, 15) is 43.2 Å². The number of aliphatic hydroxyl groups is 1. The van der Waals surface area contributed by atoms with Gasteiger partial charge in [0.2, 0.25) is 0 Å². The lowest BCUT2D eigenvalue weighted by Gasteiger charge is -2.21. The summed E-state index contributed by atoms with van der Waals surface area (Å²) in [6, 6.07) is 0. The van der Waals surface area contributed by atoms with Crippen LogP contribution in [0.15, 0.2) is 0 Å². The van der Waals surface area contributed by atoms with Crippen LogP contribution in [0.1, 0.15) is 459 Å². The van der Waals surface area contributed by atoms with E-state index >= 15 is 0 Å². The van der Waals surface area contributed by atoms with Gasteiger partial charge in [0.25, 0.3) is 0 Å². The summed E-state index contributed by atoms with van der Waals surface area (Å²) in [5.41, 5.74) is 0. The van der Waals surface area contributed by atoms with E-state index < -0.39 is 97.5 Å². The van der Waals surface area contributed by atoms with Crippen molar-refractivity contribution in [3.8, 4) is 0 Å². The number of unbranched alkanes of at least 4 members (excludes halogenated alkanes) is 52. The van der Waals surface area contributed by atoms with E-state index in [4.69, 9.17) is 37.0 Å². The third-order valence-electron chi connectivity index (χ3n) is 20.7. The second-order valence-corrected chi connectivity index (χ2v) is 35.4. The van der Waals surface area contributed by atoms with Crippen LogP contribution in [0.4, 0.5) is 0 Å². The Labute approximate surface area is 651 Å². The Balaban J connectivity index is 5.19. The third kappa shape index (κ3) is 78.7. The smallest absolute Gasteiger partial charge is 0.462 e. The second kappa shape index (κ2) is 77.0. The maximum absolute atomic E-state index is 13.1. The number of rotatable bonds is 85. The molecule has 0 aromatic heterocycles. The fraction of sp³-hybridized carbons (Fsp3) is 0.954. The van der Waals surface area contributed by atoms with Crippen molar-refractivity contribution in [3.05, 3.63) is 0 Å². The fourth-order valence-electron chi connectivity index (χ4n) is 13.5. The van der Waals surface area contributed by atoms with Crippen LogP contribution in [0.3, 0.4) is 0 Å². The summed E-state index contributed by atoms with van der Waals surface area (Å²) in [6.45, 7) is 12.1. The Kier molecular flexibility index (Phi) is 75.6. The van der Waals surface area contributed by atoms with E-state index in [-0.39, 0.29) is 25.7 Å². The molecule has 19 heteroatoms.